The van der Waals surface area contributed by atoms with Gasteiger partial charge in [0, 0.05) is 17.0 Å². The molecule has 0 radical (unpaired) electrons. The van der Waals surface area contributed by atoms with E-state index in [4.69, 9.17) is 0 Å². The lowest BCUT2D eigenvalue weighted by atomic mass is 10.2. The number of halogens is 3. The molecule has 2 aromatic rings. The Morgan fingerprint density at radius 3 is 2.59 bits per heavy atom. The molecule has 10 heteroatoms. The van der Waals surface area contributed by atoms with Crippen molar-refractivity contribution in [3.05, 3.63) is 66.5 Å². The Labute approximate surface area is 158 Å². The average Bonchev–Trinajstić information content (AvgIpc) is 2.61. The number of sulfonamides is 1. The quantitative estimate of drug-likeness (QED) is 0.506. The molecule has 2 N–H and O–H groups in total. The summed E-state index contributed by atoms with van der Waals surface area (Å²) < 4.78 is 65.5. The van der Waals surface area contributed by atoms with Gasteiger partial charge in [0.05, 0.1) is 5.69 Å². The van der Waals surface area contributed by atoms with Crippen LogP contribution in [-0.2, 0) is 10.0 Å². The number of hydrogen-bond donors (Lipinski definition) is 2. The fourth-order valence-corrected chi connectivity index (χ4v) is 3.75. The second-order valence-corrected chi connectivity index (χ2v) is 7.88. The standard InChI is InChI=1S/C17H15F3N2O3S2/c1-2-9-21-27(24,25)15-10-11(7-8-12(15)18)16(23)22-13-5-3-4-6-14(13)26-17(19)20/h2-8,10,17,21H,1,9H2,(H,22,23). The monoisotopic (exact) mass is 416 g/mol. The number of benzene rings is 2. The summed E-state index contributed by atoms with van der Waals surface area (Å²) in [6, 6.07) is 8.73. The smallest absolute Gasteiger partial charge is 0.288 e. The van der Waals surface area contributed by atoms with Crippen molar-refractivity contribution in [3.8, 4) is 0 Å². The molecule has 0 heterocycles. The Morgan fingerprint density at radius 2 is 1.93 bits per heavy atom. The van der Waals surface area contributed by atoms with Gasteiger partial charge in [-0.3, -0.25) is 4.79 Å². The Morgan fingerprint density at radius 1 is 1.22 bits per heavy atom. The van der Waals surface area contributed by atoms with E-state index in [2.05, 4.69) is 16.6 Å². The molecule has 5 nitrogen and oxygen atoms in total. The highest BCUT2D eigenvalue weighted by atomic mass is 32.2. The molecule has 0 aliphatic heterocycles. The van der Waals surface area contributed by atoms with E-state index in [1.54, 1.807) is 6.07 Å². The van der Waals surface area contributed by atoms with Crippen LogP contribution in [0.15, 0.2) is 64.9 Å². The third kappa shape index (κ3) is 5.59. The normalized spacial score (nSPS) is 11.4. The first kappa shape index (κ1) is 21.0. The minimum Gasteiger partial charge on any atom is -0.321 e. The van der Waals surface area contributed by atoms with Crippen molar-refractivity contribution < 1.29 is 26.4 Å². The summed E-state index contributed by atoms with van der Waals surface area (Å²) in [7, 11) is -4.19. The van der Waals surface area contributed by atoms with E-state index in [1.807, 2.05) is 0 Å². The molecular weight excluding hydrogens is 401 g/mol. The number of nitrogens with one attached hydrogen (secondary N) is 2. The lowest BCUT2D eigenvalue weighted by Gasteiger charge is -2.12. The number of thioether (sulfide) groups is 1. The molecule has 0 aliphatic rings. The van der Waals surface area contributed by atoms with Crippen LogP contribution in [0, 0.1) is 5.82 Å². The van der Waals surface area contributed by atoms with Gasteiger partial charge in [-0.25, -0.2) is 17.5 Å². The predicted octanol–water partition coefficient (Wildman–Crippen LogP) is 3.86. The first-order chi connectivity index (χ1) is 12.7. The third-order valence-corrected chi connectivity index (χ3v) is 5.48. The number of anilines is 1. The maximum Gasteiger partial charge on any atom is 0.288 e. The summed E-state index contributed by atoms with van der Waals surface area (Å²) in [6.45, 7) is 3.25. The molecule has 0 atom stereocenters. The molecule has 0 spiro atoms. The van der Waals surface area contributed by atoms with Crippen molar-refractivity contribution in [2.24, 2.45) is 0 Å². The van der Waals surface area contributed by atoms with E-state index in [1.165, 1.54) is 24.3 Å². The minimum atomic E-state index is -4.19. The predicted molar refractivity (Wildman–Crippen MR) is 98.0 cm³/mol. The summed E-state index contributed by atoms with van der Waals surface area (Å²) >= 11 is 0.258. The van der Waals surface area contributed by atoms with Crippen LogP contribution in [0.5, 0.6) is 0 Å². The molecule has 144 valence electrons. The zero-order valence-corrected chi connectivity index (χ0v) is 15.4. The SMILES string of the molecule is C=CCNS(=O)(=O)c1cc(C(=O)Nc2ccccc2SC(F)F)ccc1F. The van der Waals surface area contributed by atoms with E-state index < -0.39 is 32.4 Å². The number of hydrogen-bond acceptors (Lipinski definition) is 4. The highest BCUT2D eigenvalue weighted by Gasteiger charge is 2.21. The average molecular weight is 416 g/mol. The number of carbonyl (C=O) groups is 1. The van der Waals surface area contributed by atoms with Gasteiger partial charge in [-0.05, 0) is 30.3 Å². The molecule has 27 heavy (non-hydrogen) atoms. The largest absolute Gasteiger partial charge is 0.321 e. The number of rotatable bonds is 8. The first-order valence-electron chi connectivity index (χ1n) is 7.50. The van der Waals surface area contributed by atoms with E-state index in [-0.39, 0.29) is 34.5 Å². The van der Waals surface area contributed by atoms with Gasteiger partial charge >= 0.3 is 0 Å². The van der Waals surface area contributed by atoms with Gasteiger partial charge in [0.15, 0.2) is 0 Å². The van der Waals surface area contributed by atoms with Crippen LogP contribution in [-0.4, -0.2) is 26.6 Å². The molecule has 0 aromatic heterocycles. The maximum absolute atomic E-state index is 13.9. The molecular formula is C17H15F3N2O3S2. The zero-order chi connectivity index (χ0) is 20.0. The minimum absolute atomic E-state index is 0.115. The lowest BCUT2D eigenvalue weighted by molar-refractivity contribution is 0.102. The molecule has 0 unspecified atom stereocenters. The Kier molecular flexibility index (Phi) is 7.05. The Balaban J connectivity index is 2.31. The summed E-state index contributed by atoms with van der Waals surface area (Å²) in [4.78, 5) is 11.8. The van der Waals surface area contributed by atoms with Crippen LogP contribution in [0.25, 0.3) is 0 Å². The third-order valence-electron chi connectivity index (χ3n) is 3.25. The summed E-state index contributed by atoms with van der Waals surface area (Å²) in [5.74, 6) is -4.48. The molecule has 0 aliphatic carbocycles. The Hall–Kier alpha value is -2.30. The topological polar surface area (TPSA) is 75.3 Å². The van der Waals surface area contributed by atoms with Crippen LogP contribution < -0.4 is 10.0 Å². The highest BCUT2D eigenvalue weighted by Crippen LogP contribution is 2.32. The van der Waals surface area contributed by atoms with Crippen molar-refractivity contribution in [2.45, 2.75) is 15.5 Å². The van der Waals surface area contributed by atoms with Gasteiger partial charge in [0.1, 0.15) is 10.7 Å². The van der Waals surface area contributed by atoms with Crippen LogP contribution in [0.4, 0.5) is 18.9 Å². The first-order valence-corrected chi connectivity index (χ1v) is 9.86. The van der Waals surface area contributed by atoms with Crippen LogP contribution in [0.3, 0.4) is 0 Å². The molecule has 0 bridgehead atoms. The molecule has 1 amide bonds. The van der Waals surface area contributed by atoms with Crippen molar-refractivity contribution in [1.82, 2.24) is 4.72 Å². The number of amides is 1. The molecule has 0 saturated carbocycles. The lowest BCUT2D eigenvalue weighted by Crippen LogP contribution is -2.25. The van der Waals surface area contributed by atoms with E-state index in [0.29, 0.717) is 0 Å². The van der Waals surface area contributed by atoms with Crippen molar-refractivity contribution in [3.63, 3.8) is 0 Å². The van der Waals surface area contributed by atoms with Crippen LogP contribution in [0.2, 0.25) is 0 Å². The van der Waals surface area contributed by atoms with Crippen LogP contribution in [0.1, 0.15) is 10.4 Å². The van der Waals surface area contributed by atoms with Crippen LogP contribution >= 0.6 is 11.8 Å². The van der Waals surface area contributed by atoms with Crippen molar-refractivity contribution in [1.29, 1.82) is 0 Å². The second kappa shape index (κ2) is 9.07. The van der Waals surface area contributed by atoms with E-state index in [0.717, 1.165) is 18.2 Å². The van der Waals surface area contributed by atoms with Gasteiger partial charge in [0.2, 0.25) is 10.0 Å². The highest BCUT2D eigenvalue weighted by molar-refractivity contribution is 7.99. The van der Waals surface area contributed by atoms with Gasteiger partial charge in [-0.1, -0.05) is 30.0 Å². The van der Waals surface area contributed by atoms with Gasteiger partial charge in [0.25, 0.3) is 11.7 Å². The van der Waals surface area contributed by atoms with E-state index >= 15 is 0 Å². The summed E-state index contributed by atoms with van der Waals surface area (Å²) in [6.07, 6.45) is 1.28. The molecule has 2 rings (SSSR count). The van der Waals surface area contributed by atoms with Gasteiger partial charge in [-0.15, -0.1) is 6.58 Å². The van der Waals surface area contributed by atoms with E-state index in [9.17, 15) is 26.4 Å². The van der Waals surface area contributed by atoms with Gasteiger partial charge in [-0.2, -0.15) is 8.78 Å². The molecule has 0 saturated heterocycles. The fraction of sp³-hybridized carbons (Fsp3) is 0.118. The van der Waals surface area contributed by atoms with Crippen molar-refractivity contribution >= 4 is 33.4 Å². The van der Waals surface area contributed by atoms with Gasteiger partial charge < -0.3 is 5.32 Å². The summed E-state index contributed by atoms with van der Waals surface area (Å²) in [5, 5.41) is 2.43. The van der Waals surface area contributed by atoms with Crippen molar-refractivity contribution in [2.75, 3.05) is 11.9 Å². The zero-order valence-electron chi connectivity index (χ0n) is 13.8. The number of alkyl halides is 2. The molecule has 0 fully saturated rings. The fourth-order valence-electron chi connectivity index (χ4n) is 2.06. The summed E-state index contributed by atoms with van der Waals surface area (Å²) in [5.41, 5.74) is -0.0152. The molecule has 2 aromatic carbocycles. The maximum atomic E-state index is 13.9. The second-order valence-electron chi connectivity index (χ2n) is 5.11. The Bertz CT molecular complexity index is 950. The number of carbonyl (C=O) groups excluding carboxylic acids is 1. The number of para-hydroxylation sites is 1.